The predicted molar refractivity (Wildman–Crippen MR) is 70.6 cm³/mol. The molecule has 6 heteroatoms. The SMILES string of the molecule is CCOC(=O)/C=C/CNC(C)C(=O)N1CCOCC1. The van der Waals surface area contributed by atoms with Crippen LogP contribution >= 0.6 is 0 Å². The fourth-order valence-electron chi connectivity index (χ4n) is 1.74. The summed E-state index contributed by atoms with van der Waals surface area (Å²) < 4.78 is 9.95. The number of nitrogens with one attached hydrogen (secondary N) is 1. The molecule has 1 aliphatic rings. The van der Waals surface area contributed by atoms with Gasteiger partial charge in [-0.05, 0) is 13.8 Å². The number of hydrogen-bond acceptors (Lipinski definition) is 5. The van der Waals surface area contributed by atoms with E-state index >= 15 is 0 Å². The highest BCUT2D eigenvalue weighted by Crippen LogP contribution is 2.00. The Morgan fingerprint density at radius 3 is 2.74 bits per heavy atom. The molecule has 1 rings (SSSR count). The van der Waals surface area contributed by atoms with Crippen molar-refractivity contribution in [2.45, 2.75) is 19.9 Å². The monoisotopic (exact) mass is 270 g/mol. The van der Waals surface area contributed by atoms with Crippen LogP contribution in [0, 0.1) is 0 Å². The van der Waals surface area contributed by atoms with Crippen LogP contribution < -0.4 is 5.32 Å². The molecule has 1 fully saturated rings. The average Bonchev–Trinajstić information content (AvgIpc) is 2.44. The summed E-state index contributed by atoms with van der Waals surface area (Å²) in [5.41, 5.74) is 0. The molecule has 1 atom stereocenters. The quantitative estimate of drug-likeness (QED) is 0.541. The van der Waals surface area contributed by atoms with Crippen molar-refractivity contribution in [1.29, 1.82) is 0 Å². The molecule has 0 bridgehead atoms. The topological polar surface area (TPSA) is 67.9 Å². The molecule has 1 saturated heterocycles. The fourth-order valence-corrected chi connectivity index (χ4v) is 1.74. The Kier molecular flexibility index (Phi) is 7.14. The molecular formula is C13H22N2O4. The van der Waals surface area contributed by atoms with Crippen molar-refractivity contribution in [2.75, 3.05) is 39.5 Å². The standard InChI is InChI=1S/C13H22N2O4/c1-3-19-12(16)5-4-6-14-11(2)13(17)15-7-9-18-10-8-15/h4-5,11,14H,3,6-10H2,1-2H3/b5-4+. The van der Waals surface area contributed by atoms with Crippen LogP contribution in [0.15, 0.2) is 12.2 Å². The van der Waals surface area contributed by atoms with Crippen LogP contribution in [-0.2, 0) is 19.1 Å². The van der Waals surface area contributed by atoms with Crippen molar-refractivity contribution in [3.63, 3.8) is 0 Å². The molecule has 1 N–H and O–H groups in total. The average molecular weight is 270 g/mol. The minimum atomic E-state index is -0.364. The lowest BCUT2D eigenvalue weighted by Gasteiger charge is -2.29. The van der Waals surface area contributed by atoms with Gasteiger partial charge in [-0.2, -0.15) is 0 Å². The van der Waals surface area contributed by atoms with Crippen LogP contribution in [0.25, 0.3) is 0 Å². The zero-order valence-electron chi connectivity index (χ0n) is 11.6. The smallest absolute Gasteiger partial charge is 0.330 e. The lowest BCUT2D eigenvalue weighted by atomic mass is 10.2. The molecule has 0 radical (unpaired) electrons. The maximum atomic E-state index is 12.0. The van der Waals surface area contributed by atoms with E-state index in [4.69, 9.17) is 9.47 Å². The molecule has 6 nitrogen and oxygen atoms in total. The van der Waals surface area contributed by atoms with Crippen molar-refractivity contribution >= 4 is 11.9 Å². The highest BCUT2D eigenvalue weighted by molar-refractivity contribution is 5.82. The number of hydrogen-bond donors (Lipinski definition) is 1. The summed E-state index contributed by atoms with van der Waals surface area (Å²) in [6.07, 6.45) is 3.02. The predicted octanol–water partition coefficient (Wildman–Crippen LogP) is -0.0574. The first-order chi connectivity index (χ1) is 9.15. The second kappa shape index (κ2) is 8.66. The third kappa shape index (κ3) is 5.85. The number of morpholine rings is 1. The summed E-state index contributed by atoms with van der Waals surface area (Å²) in [6.45, 7) is 6.87. The molecule has 0 spiro atoms. The molecule has 0 aliphatic carbocycles. The van der Waals surface area contributed by atoms with Crippen LogP contribution in [0.4, 0.5) is 0 Å². The normalized spacial score (nSPS) is 17.5. The van der Waals surface area contributed by atoms with Gasteiger partial charge < -0.3 is 19.7 Å². The van der Waals surface area contributed by atoms with Gasteiger partial charge in [0.25, 0.3) is 0 Å². The Labute approximate surface area is 113 Å². The largest absolute Gasteiger partial charge is 0.463 e. The van der Waals surface area contributed by atoms with E-state index < -0.39 is 0 Å². The molecule has 1 aliphatic heterocycles. The fraction of sp³-hybridized carbons (Fsp3) is 0.692. The minimum absolute atomic E-state index is 0.0628. The maximum Gasteiger partial charge on any atom is 0.330 e. The Morgan fingerprint density at radius 1 is 1.42 bits per heavy atom. The molecule has 1 heterocycles. The molecule has 1 amide bonds. The lowest BCUT2D eigenvalue weighted by molar-refractivity contribution is -0.137. The summed E-state index contributed by atoms with van der Waals surface area (Å²) >= 11 is 0. The first-order valence-electron chi connectivity index (χ1n) is 6.58. The molecule has 1 unspecified atom stereocenters. The number of carbonyl (C=O) groups is 2. The summed E-state index contributed by atoms with van der Waals surface area (Å²) in [5, 5.41) is 3.05. The van der Waals surface area contributed by atoms with Crippen LogP contribution in [0.5, 0.6) is 0 Å². The number of nitrogens with zero attached hydrogens (tertiary/aromatic N) is 1. The zero-order valence-corrected chi connectivity index (χ0v) is 11.6. The van der Waals surface area contributed by atoms with Gasteiger partial charge >= 0.3 is 5.97 Å². The van der Waals surface area contributed by atoms with Crippen LogP contribution in [0.3, 0.4) is 0 Å². The molecule has 0 aromatic carbocycles. The van der Waals surface area contributed by atoms with Gasteiger partial charge in [0, 0.05) is 25.7 Å². The summed E-state index contributed by atoms with van der Waals surface area (Å²) in [4.78, 5) is 24.9. The molecule has 0 aromatic heterocycles. The van der Waals surface area contributed by atoms with Crippen molar-refractivity contribution in [2.24, 2.45) is 0 Å². The second-order valence-electron chi connectivity index (χ2n) is 4.22. The number of esters is 1. The molecule has 0 aromatic rings. The third-order valence-electron chi connectivity index (χ3n) is 2.78. The first-order valence-corrected chi connectivity index (χ1v) is 6.58. The van der Waals surface area contributed by atoms with Crippen LogP contribution in [-0.4, -0.2) is 62.3 Å². The van der Waals surface area contributed by atoms with E-state index in [0.717, 1.165) is 0 Å². The third-order valence-corrected chi connectivity index (χ3v) is 2.78. The van der Waals surface area contributed by atoms with E-state index in [1.165, 1.54) is 6.08 Å². The Hall–Kier alpha value is -1.40. The Morgan fingerprint density at radius 2 is 2.11 bits per heavy atom. The van der Waals surface area contributed by atoms with Crippen molar-refractivity contribution in [3.05, 3.63) is 12.2 Å². The van der Waals surface area contributed by atoms with Crippen LogP contribution in [0.2, 0.25) is 0 Å². The number of carbonyl (C=O) groups excluding carboxylic acids is 2. The van der Waals surface area contributed by atoms with Gasteiger partial charge in [-0.25, -0.2) is 4.79 Å². The molecule has 19 heavy (non-hydrogen) atoms. The lowest BCUT2D eigenvalue weighted by Crippen LogP contribution is -2.49. The highest BCUT2D eigenvalue weighted by atomic mass is 16.5. The summed E-state index contributed by atoms with van der Waals surface area (Å²) in [7, 11) is 0. The van der Waals surface area contributed by atoms with Crippen molar-refractivity contribution < 1.29 is 19.1 Å². The van der Waals surface area contributed by atoms with E-state index in [1.54, 1.807) is 17.9 Å². The van der Waals surface area contributed by atoms with Gasteiger partial charge in [-0.1, -0.05) is 6.08 Å². The summed E-state index contributed by atoms with van der Waals surface area (Å²) in [6, 6.07) is -0.273. The first kappa shape index (κ1) is 15.7. The maximum absolute atomic E-state index is 12.0. The van der Waals surface area contributed by atoms with E-state index in [1.807, 2.05) is 6.92 Å². The molecular weight excluding hydrogens is 248 g/mol. The van der Waals surface area contributed by atoms with E-state index in [9.17, 15) is 9.59 Å². The number of ether oxygens (including phenoxy) is 2. The Bertz CT molecular complexity index is 325. The summed E-state index contributed by atoms with van der Waals surface area (Å²) in [5.74, 6) is -0.302. The van der Waals surface area contributed by atoms with E-state index in [-0.39, 0.29) is 17.9 Å². The van der Waals surface area contributed by atoms with Gasteiger partial charge in [0.1, 0.15) is 0 Å². The Balaban J connectivity index is 2.24. The molecule has 0 saturated carbocycles. The van der Waals surface area contributed by atoms with E-state index in [0.29, 0.717) is 39.5 Å². The highest BCUT2D eigenvalue weighted by Gasteiger charge is 2.21. The van der Waals surface area contributed by atoms with Crippen LogP contribution in [0.1, 0.15) is 13.8 Å². The second-order valence-corrected chi connectivity index (χ2v) is 4.22. The number of rotatable bonds is 6. The molecule has 108 valence electrons. The van der Waals surface area contributed by atoms with E-state index in [2.05, 4.69) is 5.32 Å². The van der Waals surface area contributed by atoms with Gasteiger partial charge in [0.15, 0.2) is 0 Å². The minimum Gasteiger partial charge on any atom is -0.463 e. The zero-order chi connectivity index (χ0) is 14.1. The van der Waals surface area contributed by atoms with Gasteiger partial charge in [0.2, 0.25) is 5.91 Å². The van der Waals surface area contributed by atoms with Crippen molar-refractivity contribution in [1.82, 2.24) is 10.2 Å². The van der Waals surface area contributed by atoms with Gasteiger partial charge in [-0.15, -0.1) is 0 Å². The van der Waals surface area contributed by atoms with Gasteiger partial charge in [0.05, 0.1) is 25.9 Å². The number of amides is 1. The van der Waals surface area contributed by atoms with Crippen molar-refractivity contribution in [3.8, 4) is 0 Å². The van der Waals surface area contributed by atoms with Gasteiger partial charge in [-0.3, -0.25) is 4.79 Å².